The molecule has 0 spiro atoms. The number of aromatic nitrogens is 5. The third-order valence-electron chi connectivity index (χ3n) is 12.4. The maximum atomic E-state index is 14.3. The number of rotatable bonds is 11. The molecule has 67 heavy (non-hydrogen) atoms. The van der Waals surface area contributed by atoms with Gasteiger partial charge in [-0.1, -0.05) is 75.4 Å². The highest BCUT2D eigenvalue weighted by atomic mass is 32.1. The zero-order chi connectivity index (χ0) is 47.5. The summed E-state index contributed by atoms with van der Waals surface area (Å²) in [4.78, 5) is 71.2. The predicted molar refractivity (Wildman–Crippen MR) is 254 cm³/mol. The first-order valence-corrected chi connectivity index (χ1v) is 23.5. The van der Waals surface area contributed by atoms with Crippen LogP contribution in [0.2, 0.25) is 0 Å². The summed E-state index contributed by atoms with van der Waals surface area (Å²) in [5.41, 5.74) is 9.77. The molecule has 0 aliphatic carbocycles. The highest BCUT2D eigenvalue weighted by Gasteiger charge is 2.45. The van der Waals surface area contributed by atoms with Crippen LogP contribution in [0.25, 0.3) is 37.7 Å². The summed E-state index contributed by atoms with van der Waals surface area (Å²) in [6.07, 6.45) is -1.10. The molecule has 7 aromatic rings. The van der Waals surface area contributed by atoms with Crippen LogP contribution in [0.15, 0.2) is 81.7 Å². The number of aliphatic carboxylic acids is 1. The molecule has 1 saturated heterocycles. The number of aryl methyl sites for hydroxylation is 3. The molecule has 1 unspecified atom stereocenters. The van der Waals surface area contributed by atoms with Gasteiger partial charge in [0.2, 0.25) is 11.8 Å². The number of hydrogen-bond donors (Lipinski definition) is 4. The Morgan fingerprint density at radius 1 is 0.925 bits per heavy atom. The monoisotopic (exact) mass is 939 g/mol. The average molecular weight is 940 g/mol. The molecular weight excluding hydrogens is 891 g/mol. The lowest BCUT2D eigenvalue weighted by molar-refractivity contribution is -0.142. The van der Waals surface area contributed by atoms with Gasteiger partial charge in [0.25, 0.3) is 5.89 Å². The van der Waals surface area contributed by atoms with E-state index in [0.29, 0.717) is 28.5 Å². The van der Waals surface area contributed by atoms with Gasteiger partial charge in [0.15, 0.2) is 11.4 Å². The molecule has 6 heterocycles. The molecule has 3 aromatic carbocycles. The first-order chi connectivity index (χ1) is 31.9. The minimum atomic E-state index is -1.09. The van der Waals surface area contributed by atoms with Crippen LogP contribution in [0.4, 0.5) is 0 Å². The third kappa shape index (κ3) is 8.79. The highest BCUT2D eigenvalue weighted by Crippen LogP contribution is 2.40. The normalized spacial score (nSPS) is 17.4. The number of likely N-dealkylation sites (tertiary alicyclic amines) is 1. The third-order valence-corrected chi connectivity index (χ3v) is 14.5. The Labute approximate surface area is 393 Å². The number of carboxylic acids is 1. The first-order valence-electron chi connectivity index (χ1n) is 21.8. The second-order valence-electron chi connectivity index (χ2n) is 18.1. The summed E-state index contributed by atoms with van der Waals surface area (Å²) in [5, 5.41) is 35.8. The summed E-state index contributed by atoms with van der Waals surface area (Å²) in [5.74, 6) is -1.70. The molecule has 4 atom stereocenters. The number of carboxylic acid groups (broad SMARTS) is 1. The van der Waals surface area contributed by atoms with Gasteiger partial charge in [0, 0.05) is 35.5 Å². The van der Waals surface area contributed by atoms with E-state index in [9.17, 15) is 29.4 Å². The van der Waals surface area contributed by atoms with Crippen molar-refractivity contribution >= 4 is 63.2 Å². The van der Waals surface area contributed by atoms with Crippen LogP contribution < -0.4 is 10.6 Å². The molecule has 1 fully saturated rings. The molecule has 18 heteroatoms. The number of thiophene rings is 1. The Balaban J connectivity index is 0.906. The number of nitrogens with zero attached hydrogens (tertiary/aromatic N) is 7. The number of amides is 3. The minimum absolute atomic E-state index is 0.0589. The van der Waals surface area contributed by atoms with E-state index < -0.39 is 53.3 Å². The number of benzene rings is 3. The lowest BCUT2D eigenvalue weighted by Crippen LogP contribution is -2.57. The molecule has 9 rings (SSSR count). The average Bonchev–Trinajstić information content (AvgIpc) is 4.13. The summed E-state index contributed by atoms with van der Waals surface area (Å²) in [6.45, 7) is 13.5. The van der Waals surface area contributed by atoms with Crippen molar-refractivity contribution in [1.29, 1.82) is 0 Å². The van der Waals surface area contributed by atoms with E-state index in [-0.39, 0.29) is 31.8 Å². The Hall–Kier alpha value is -6.89. The quantitative estimate of drug-likeness (QED) is 0.101. The number of hydrogen-bond acceptors (Lipinski definition) is 13. The summed E-state index contributed by atoms with van der Waals surface area (Å²) < 4.78 is 7.85. The standard InChI is InChI=1S/C49H49N9O7S2/c1-24-26(3)67-48-39(24)40(52-35(20-38(60)61)43-56-55-27(4)58(43)48)30-14-12-29(13-15-30)32-16-17-37-34(18-32)53-46(65-37)45(63)54-42(49(5,6)7)47(64)57-22-33(59)19-36(57)44(62)50-21-28-8-10-31(11-9-28)41-25(2)51-23-66-41/h8-18,23,33,35-36,42,59H,19-22H2,1-7H3,(H,50,62)(H,54,63)(H,60,61)/t33-,35+,36+,42?/m1/s1. The zero-order valence-electron chi connectivity index (χ0n) is 37.9. The Morgan fingerprint density at radius 2 is 1.63 bits per heavy atom. The van der Waals surface area contributed by atoms with E-state index in [0.717, 1.165) is 59.4 Å². The van der Waals surface area contributed by atoms with Gasteiger partial charge in [-0.05, 0) is 73.1 Å². The molecule has 4 aromatic heterocycles. The van der Waals surface area contributed by atoms with Crippen LogP contribution in [0.5, 0.6) is 0 Å². The lowest BCUT2D eigenvalue weighted by Gasteiger charge is -2.35. The molecule has 4 N–H and O–H groups in total. The van der Waals surface area contributed by atoms with Crippen LogP contribution in [-0.2, 0) is 20.9 Å². The van der Waals surface area contributed by atoms with Crippen molar-refractivity contribution in [3.63, 3.8) is 0 Å². The largest absolute Gasteiger partial charge is 0.481 e. The van der Waals surface area contributed by atoms with E-state index in [4.69, 9.17) is 9.41 Å². The Morgan fingerprint density at radius 3 is 2.31 bits per heavy atom. The fraction of sp³-hybridized carbons (Fsp3) is 0.327. The van der Waals surface area contributed by atoms with Gasteiger partial charge in [-0.3, -0.25) is 28.7 Å². The van der Waals surface area contributed by atoms with Crippen LogP contribution in [0.1, 0.15) is 94.8 Å². The zero-order valence-corrected chi connectivity index (χ0v) is 39.6. The van der Waals surface area contributed by atoms with Crippen molar-refractivity contribution < 1.29 is 33.8 Å². The van der Waals surface area contributed by atoms with E-state index in [1.807, 2.05) is 114 Å². The number of aliphatic hydroxyl groups is 1. The Kier molecular flexibility index (Phi) is 12.0. The van der Waals surface area contributed by atoms with Gasteiger partial charge >= 0.3 is 11.9 Å². The van der Waals surface area contributed by atoms with Crippen LogP contribution in [0.3, 0.4) is 0 Å². The molecule has 0 saturated carbocycles. The molecular formula is C49H49N9O7S2. The van der Waals surface area contributed by atoms with E-state index >= 15 is 0 Å². The van der Waals surface area contributed by atoms with Crippen molar-refractivity contribution in [2.24, 2.45) is 10.4 Å². The predicted octanol–water partition coefficient (Wildman–Crippen LogP) is 7.28. The molecule has 3 amide bonds. The van der Waals surface area contributed by atoms with Crippen LogP contribution in [-0.4, -0.2) is 94.0 Å². The first kappa shape index (κ1) is 45.3. The number of fused-ring (bicyclic) bond motifs is 4. The van der Waals surface area contributed by atoms with Gasteiger partial charge in [0.1, 0.15) is 34.5 Å². The van der Waals surface area contributed by atoms with Gasteiger partial charge in [-0.2, -0.15) is 0 Å². The number of aliphatic imine (C=N–C) groups is 1. The van der Waals surface area contributed by atoms with Crippen molar-refractivity contribution in [2.75, 3.05) is 6.54 Å². The van der Waals surface area contributed by atoms with Crippen molar-refractivity contribution in [2.45, 2.75) is 92.1 Å². The molecule has 344 valence electrons. The van der Waals surface area contributed by atoms with E-state index in [1.165, 1.54) is 4.90 Å². The van der Waals surface area contributed by atoms with Crippen LogP contribution in [0, 0.1) is 33.1 Å². The Bertz CT molecular complexity index is 3100. The van der Waals surface area contributed by atoms with Gasteiger partial charge in [-0.25, -0.2) is 9.97 Å². The minimum Gasteiger partial charge on any atom is -0.481 e. The van der Waals surface area contributed by atoms with E-state index in [2.05, 4.69) is 30.8 Å². The SMILES string of the molecule is Cc1ncsc1-c1ccc(CNC(=O)[C@@H]2C[C@@H](O)CN2C(=O)C(NC(=O)c2nc3cc(-c4ccc(C5=N[C@@H](CC(=O)O)c6nnc(C)n6-c6sc(C)c(C)c65)cc4)ccc3o2)C(C)(C)C)cc1. The number of β-amino-alcohol motifs (C(OH)–C–C–N with tert-alkyl or cyclic N) is 1. The molecule has 2 aliphatic rings. The number of carbonyl (C=O) groups is 4. The van der Waals surface area contributed by atoms with Crippen molar-refractivity contribution in [1.82, 2.24) is 40.3 Å². The number of oxazole rings is 1. The topological polar surface area (TPSA) is 218 Å². The molecule has 0 bridgehead atoms. The molecule has 16 nitrogen and oxygen atoms in total. The lowest BCUT2D eigenvalue weighted by atomic mass is 9.85. The number of carbonyl (C=O) groups excluding carboxylic acids is 3. The number of nitrogens with one attached hydrogen (secondary N) is 2. The van der Waals surface area contributed by atoms with Crippen LogP contribution >= 0.6 is 22.7 Å². The van der Waals surface area contributed by atoms with Gasteiger partial charge < -0.3 is 30.2 Å². The summed E-state index contributed by atoms with van der Waals surface area (Å²) >= 11 is 3.16. The maximum Gasteiger partial charge on any atom is 0.307 e. The fourth-order valence-electron chi connectivity index (χ4n) is 8.69. The van der Waals surface area contributed by atoms with Crippen molar-refractivity contribution in [3.05, 3.63) is 123 Å². The molecule has 0 radical (unpaired) electrons. The smallest absolute Gasteiger partial charge is 0.307 e. The highest BCUT2D eigenvalue weighted by molar-refractivity contribution is 7.15. The van der Waals surface area contributed by atoms with Crippen molar-refractivity contribution in [3.8, 4) is 26.6 Å². The second kappa shape index (κ2) is 17.7. The fourth-order valence-corrected chi connectivity index (χ4v) is 10.7. The van der Waals surface area contributed by atoms with Gasteiger partial charge in [-0.15, -0.1) is 32.9 Å². The number of aliphatic hydroxyl groups excluding tert-OH is 1. The summed E-state index contributed by atoms with van der Waals surface area (Å²) in [6, 6.07) is 18.3. The number of thiazole rings is 1. The molecule has 2 aliphatic heterocycles. The van der Waals surface area contributed by atoms with Gasteiger partial charge in [0.05, 0.1) is 34.3 Å². The maximum absolute atomic E-state index is 14.3. The van der Waals surface area contributed by atoms with E-state index in [1.54, 1.807) is 34.3 Å². The summed E-state index contributed by atoms with van der Waals surface area (Å²) in [7, 11) is 0. The second-order valence-corrected chi connectivity index (χ2v) is 20.2.